The lowest BCUT2D eigenvalue weighted by molar-refractivity contribution is 0.105. The van der Waals surface area contributed by atoms with E-state index in [4.69, 9.17) is 9.47 Å². The largest absolute Gasteiger partial charge is 0.393 e. The van der Waals surface area contributed by atoms with Crippen LogP contribution in [0.25, 0.3) is 0 Å². The summed E-state index contributed by atoms with van der Waals surface area (Å²) in [5.41, 5.74) is 2.44. The highest BCUT2D eigenvalue weighted by atomic mass is 16.5. The summed E-state index contributed by atoms with van der Waals surface area (Å²) in [5, 5.41) is 10.1. The van der Waals surface area contributed by atoms with Crippen molar-refractivity contribution < 1.29 is 14.6 Å². The van der Waals surface area contributed by atoms with Gasteiger partial charge in [-0.15, -0.1) is 0 Å². The molecular weight excluding hydrogens is 336 g/mol. The number of aliphatic hydroxyl groups is 1. The molecule has 0 aromatic heterocycles. The molecule has 3 nitrogen and oxygen atoms in total. The Morgan fingerprint density at radius 2 is 1.04 bits per heavy atom. The van der Waals surface area contributed by atoms with Gasteiger partial charge in [0.15, 0.2) is 0 Å². The van der Waals surface area contributed by atoms with Gasteiger partial charge in [-0.25, -0.2) is 0 Å². The second-order valence-electron chi connectivity index (χ2n) is 7.08. The van der Waals surface area contributed by atoms with Crippen molar-refractivity contribution in [1.29, 1.82) is 0 Å². The summed E-state index contributed by atoms with van der Waals surface area (Å²) < 4.78 is 11.4. The molecule has 0 saturated carbocycles. The van der Waals surface area contributed by atoms with Crippen molar-refractivity contribution in [2.24, 2.45) is 0 Å². The molecule has 0 spiro atoms. The van der Waals surface area contributed by atoms with Gasteiger partial charge in [-0.2, -0.15) is 0 Å². The Hall–Kier alpha value is -1.68. The molecule has 0 aliphatic rings. The van der Waals surface area contributed by atoms with E-state index in [-0.39, 0.29) is 6.10 Å². The van der Waals surface area contributed by atoms with Crippen LogP contribution in [0.2, 0.25) is 0 Å². The van der Waals surface area contributed by atoms with Crippen molar-refractivity contribution in [3.63, 3.8) is 0 Å². The smallest absolute Gasteiger partial charge is 0.0716 e. The zero-order valence-corrected chi connectivity index (χ0v) is 16.4. The lowest BCUT2D eigenvalue weighted by atomic mass is 10.1. The Morgan fingerprint density at radius 3 is 1.56 bits per heavy atom. The van der Waals surface area contributed by atoms with Crippen LogP contribution < -0.4 is 0 Å². The second kappa shape index (κ2) is 14.4. The molecule has 0 amide bonds. The monoisotopic (exact) mass is 370 g/mol. The molecule has 1 unspecified atom stereocenters. The van der Waals surface area contributed by atoms with E-state index in [2.05, 4.69) is 24.3 Å². The zero-order chi connectivity index (χ0) is 19.0. The number of benzene rings is 2. The van der Waals surface area contributed by atoms with Gasteiger partial charge in [0.1, 0.15) is 0 Å². The van der Waals surface area contributed by atoms with Crippen LogP contribution >= 0.6 is 0 Å². The molecule has 0 aliphatic heterocycles. The fourth-order valence-corrected chi connectivity index (χ4v) is 3.02. The molecule has 0 radical (unpaired) electrons. The van der Waals surface area contributed by atoms with Crippen LogP contribution in [0.1, 0.15) is 56.1 Å². The van der Waals surface area contributed by atoms with E-state index in [1.165, 1.54) is 11.1 Å². The maximum absolute atomic E-state index is 10.1. The minimum Gasteiger partial charge on any atom is -0.393 e. The zero-order valence-electron chi connectivity index (χ0n) is 16.4. The summed E-state index contributed by atoms with van der Waals surface area (Å²) >= 11 is 0. The summed E-state index contributed by atoms with van der Waals surface area (Å²) in [5.74, 6) is 0. The number of rotatable bonds is 15. The van der Waals surface area contributed by atoms with Gasteiger partial charge in [-0.05, 0) is 43.2 Å². The number of aliphatic hydroxyl groups excluding tert-OH is 1. The normalized spacial score (nSPS) is 12.2. The minimum absolute atomic E-state index is 0.177. The SMILES string of the molecule is OC(CCCCCOCc1ccccc1)CCCCOCc1ccccc1. The van der Waals surface area contributed by atoms with Crippen molar-refractivity contribution in [1.82, 2.24) is 0 Å². The van der Waals surface area contributed by atoms with E-state index < -0.39 is 0 Å². The highest BCUT2D eigenvalue weighted by Crippen LogP contribution is 2.11. The van der Waals surface area contributed by atoms with Crippen molar-refractivity contribution in [3.05, 3.63) is 71.8 Å². The van der Waals surface area contributed by atoms with Crippen LogP contribution in [-0.2, 0) is 22.7 Å². The molecule has 0 fully saturated rings. The number of unbranched alkanes of at least 4 members (excludes halogenated alkanes) is 3. The Labute approximate surface area is 164 Å². The third kappa shape index (κ3) is 10.9. The molecule has 1 N–H and O–H groups in total. The van der Waals surface area contributed by atoms with Crippen LogP contribution in [0, 0.1) is 0 Å². The molecule has 1 atom stereocenters. The first-order valence-electron chi connectivity index (χ1n) is 10.3. The first-order valence-corrected chi connectivity index (χ1v) is 10.3. The van der Waals surface area contributed by atoms with E-state index in [9.17, 15) is 5.11 Å². The molecule has 0 saturated heterocycles. The topological polar surface area (TPSA) is 38.7 Å². The van der Waals surface area contributed by atoms with Gasteiger partial charge in [0.05, 0.1) is 19.3 Å². The van der Waals surface area contributed by atoms with Crippen molar-refractivity contribution in [3.8, 4) is 0 Å². The van der Waals surface area contributed by atoms with Crippen molar-refractivity contribution in [2.45, 2.75) is 64.3 Å². The van der Waals surface area contributed by atoms with E-state index in [0.717, 1.165) is 58.2 Å². The van der Waals surface area contributed by atoms with E-state index in [1.807, 2.05) is 36.4 Å². The first-order chi connectivity index (χ1) is 13.3. The molecular formula is C24H34O3. The molecule has 2 aromatic carbocycles. The molecule has 27 heavy (non-hydrogen) atoms. The van der Waals surface area contributed by atoms with Crippen LogP contribution in [0.4, 0.5) is 0 Å². The fourth-order valence-electron chi connectivity index (χ4n) is 3.02. The van der Waals surface area contributed by atoms with E-state index in [1.54, 1.807) is 0 Å². The van der Waals surface area contributed by atoms with Crippen LogP contribution in [0.15, 0.2) is 60.7 Å². The molecule has 148 valence electrons. The number of ether oxygens (including phenoxy) is 2. The predicted molar refractivity (Wildman–Crippen MR) is 111 cm³/mol. The molecule has 2 rings (SSSR count). The summed E-state index contributed by atoms with van der Waals surface area (Å²) in [7, 11) is 0. The quantitative estimate of drug-likeness (QED) is 0.420. The summed E-state index contributed by atoms with van der Waals surface area (Å²) in [6, 6.07) is 20.5. The maximum Gasteiger partial charge on any atom is 0.0716 e. The van der Waals surface area contributed by atoms with Crippen molar-refractivity contribution >= 4 is 0 Å². The lowest BCUT2D eigenvalue weighted by Crippen LogP contribution is -2.07. The fraction of sp³-hybridized carbons (Fsp3) is 0.500. The van der Waals surface area contributed by atoms with Gasteiger partial charge in [-0.1, -0.05) is 73.5 Å². The molecule has 3 heteroatoms. The Balaban J connectivity index is 1.34. The highest BCUT2D eigenvalue weighted by Gasteiger charge is 2.04. The lowest BCUT2D eigenvalue weighted by Gasteiger charge is -2.10. The highest BCUT2D eigenvalue weighted by molar-refractivity contribution is 5.14. The van der Waals surface area contributed by atoms with E-state index >= 15 is 0 Å². The van der Waals surface area contributed by atoms with Crippen LogP contribution in [0.5, 0.6) is 0 Å². The third-order valence-corrected chi connectivity index (χ3v) is 4.63. The number of hydrogen-bond donors (Lipinski definition) is 1. The predicted octanol–water partition coefficient (Wildman–Crippen LogP) is 5.51. The average molecular weight is 371 g/mol. The Kier molecular flexibility index (Phi) is 11.5. The third-order valence-electron chi connectivity index (χ3n) is 4.63. The van der Waals surface area contributed by atoms with Gasteiger partial charge in [0, 0.05) is 13.2 Å². The van der Waals surface area contributed by atoms with E-state index in [0.29, 0.717) is 13.2 Å². The maximum atomic E-state index is 10.1. The molecule has 0 bridgehead atoms. The van der Waals surface area contributed by atoms with Crippen LogP contribution in [-0.4, -0.2) is 24.4 Å². The molecule has 0 heterocycles. The van der Waals surface area contributed by atoms with Gasteiger partial charge in [-0.3, -0.25) is 0 Å². The van der Waals surface area contributed by atoms with Crippen molar-refractivity contribution in [2.75, 3.05) is 13.2 Å². The Bertz CT molecular complexity index is 571. The van der Waals surface area contributed by atoms with Gasteiger partial charge in [0.25, 0.3) is 0 Å². The van der Waals surface area contributed by atoms with Gasteiger partial charge >= 0.3 is 0 Å². The summed E-state index contributed by atoms with van der Waals surface area (Å²) in [4.78, 5) is 0. The first kappa shape index (κ1) is 21.6. The summed E-state index contributed by atoms with van der Waals surface area (Å²) in [6.45, 7) is 2.93. The molecule has 2 aromatic rings. The average Bonchev–Trinajstić information content (AvgIpc) is 2.71. The Morgan fingerprint density at radius 1 is 0.593 bits per heavy atom. The minimum atomic E-state index is -0.177. The summed E-state index contributed by atoms with van der Waals surface area (Å²) in [6.07, 6.45) is 6.87. The van der Waals surface area contributed by atoms with Crippen LogP contribution in [0.3, 0.4) is 0 Å². The van der Waals surface area contributed by atoms with Gasteiger partial charge in [0.2, 0.25) is 0 Å². The number of hydrogen-bond acceptors (Lipinski definition) is 3. The second-order valence-corrected chi connectivity index (χ2v) is 7.08. The van der Waals surface area contributed by atoms with Gasteiger partial charge < -0.3 is 14.6 Å². The standard InChI is InChI=1S/C24H34O3/c25-24(17-9-11-19-27-21-23-14-6-2-7-15-23)16-8-3-10-18-26-20-22-12-4-1-5-13-22/h1-2,4-7,12-15,24-25H,3,8-11,16-21H2. The molecule has 0 aliphatic carbocycles.